The van der Waals surface area contributed by atoms with Crippen LogP contribution in [0, 0.1) is 0 Å². The number of esters is 1. The molecule has 0 bridgehead atoms. The van der Waals surface area contributed by atoms with Gasteiger partial charge in [-0.15, -0.1) is 0 Å². The van der Waals surface area contributed by atoms with Gasteiger partial charge in [-0.05, 0) is 27.7 Å². The second kappa shape index (κ2) is 4.58. The molecule has 0 aliphatic rings. The first kappa shape index (κ1) is 12.4. The van der Waals surface area contributed by atoms with Gasteiger partial charge in [0.1, 0.15) is 6.04 Å². The van der Waals surface area contributed by atoms with Crippen molar-refractivity contribution in [3.63, 3.8) is 0 Å². The molecule has 0 fully saturated rings. The Balaban J connectivity index is 4.06. The lowest BCUT2D eigenvalue weighted by atomic mass is 10.0. The molecule has 2 unspecified atom stereocenters. The van der Waals surface area contributed by atoms with Gasteiger partial charge in [0.2, 0.25) is 0 Å². The Kier molecular flexibility index (Phi) is 4.36. The van der Waals surface area contributed by atoms with Gasteiger partial charge in [0.05, 0.1) is 12.7 Å². The third kappa shape index (κ3) is 4.24. The van der Waals surface area contributed by atoms with Gasteiger partial charge in [0.25, 0.3) is 0 Å². The summed E-state index contributed by atoms with van der Waals surface area (Å²) in [6.45, 7) is 6.90. The monoisotopic (exact) mass is 189 g/mol. The molecule has 0 saturated carbocycles. The van der Waals surface area contributed by atoms with Crippen LogP contribution in [0.25, 0.3) is 0 Å². The van der Waals surface area contributed by atoms with E-state index < -0.39 is 11.6 Å². The van der Waals surface area contributed by atoms with E-state index in [-0.39, 0.29) is 12.0 Å². The Labute approximate surface area is 79.3 Å². The van der Waals surface area contributed by atoms with Gasteiger partial charge >= 0.3 is 5.97 Å². The fourth-order valence-electron chi connectivity index (χ4n) is 0.824. The fourth-order valence-corrected chi connectivity index (χ4v) is 0.824. The zero-order valence-electron chi connectivity index (χ0n) is 8.92. The molecular weight excluding hydrogens is 170 g/mol. The van der Waals surface area contributed by atoms with Crippen molar-refractivity contribution in [2.24, 2.45) is 0 Å². The van der Waals surface area contributed by atoms with Crippen molar-refractivity contribution in [1.29, 1.82) is 0 Å². The van der Waals surface area contributed by atoms with Gasteiger partial charge in [0, 0.05) is 6.04 Å². The normalized spacial score (nSPS) is 16.5. The van der Waals surface area contributed by atoms with Crippen molar-refractivity contribution >= 4 is 5.97 Å². The number of methoxy groups -OCH3 is 1. The summed E-state index contributed by atoms with van der Waals surface area (Å²) in [6.07, 6.45) is 0. The van der Waals surface area contributed by atoms with E-state index in [1.165, 1.54) is 7.11 Å². The molecule has 13 heavy (non-hydrogen) atoms. The molecule has 78 valence electrons. The highest BCUT2D eigenvalue weighted by molar-refractivity contribution is 5.75. The molecule has 0 rings (SSSR count). The van der Waals surface area contributed by atoms with E-state index in [9.17, 15) is 9.90 Å². The van der Waals surface area contributed by atoms with E-state index in [0.29, 0.717) is 0 Å². The van der Waals surface area contributed by atoms with Crippen LogP contribution in [0.4, 0.5) is 0 Å². The Morgan fingerprint density at radius 2 is 1.92 bits per heavy atom. The molecule has 0 aromatic rings. The summed E-state index contributed by atoms with van der Waals surface area (Å²) in [5.41, 5.74) is -0.845. The average Bonchev–Trinajstić information content (AvgIpc) is 2.01. The van der Waals surface area contributed by atoms with Crippen LogP contribution in [0.3, 0.4) is 0 Å². The Morgan fingerprint density at radius 3 is 2.23 bits per heavy atom. The summed E-state index contributed by atoms with van der Waals surface area (Å²) < 4.78 is 4.54. The number of carbonyl (C=O) groups is 1. The predicted octanol–water partition coefficient (Wildman–Crippen LogP) is 0.297. The maximum Gasteiger partial charge on any atom is 0.322 e. The SMILES string of the molecule is COC(=O)C(C)NC(C)C(C)(C)O. The van der Waals surface area contributed by atoms with Gasteiger partial charge in [-0.3, -0.25) is 10.1 Å². The maximum atomic E-state index is 11.0. The number of hydrogen-bond acceptors (Lipinski definition) is 4. The summed E-state index contributed by atoms with van der Waals surface area (Å²) in [7, 11) is 1.34. The number of ether oxygens (including phenoxy) is 1. The Morgan fingerprint density at radius 1 is 1.46 bits per heavy atom. The largest absolute Gasteiger partial charge is 0.468 e. The first-order valence-corrected chi connectivity index (χ1v) is 4.35. The van der Waals surface area contributed by atoms with Crippen molar-refractivity contribution in [1.82, 2.24) is 5.32 Å². The molecule has 0 aromatic carbocycles. The van der Waals surface area contributed by atoms with Gasteiger partial charge in [-0.1, -0.05) is 0 Å². The zero-order chi connectivity index (χ0) is 10.6. The van der Waals surface area contributed by atoms with Crippen LogP contribution >= 0.6 is 0 Å². The topological polar surface area (TPSA) is 58.6 Å². The molecule has 0 heterocycles. The molecule has 0 aromatic heterocycles. The van der Waals surface area contributed by atoms with E-state index in [1.807, 2.05) is 6.92 Å². The highest BCUT2D eigenvalue weighted by Crippen LogP contribution is 2.08. The molecule has 2 N–H and O–H groups in total. The summed E-state index contributed by atoms with van der Waals surface area (Å²) in [4.78, 5) is 11.0. The Bertz CT molecular complexity index is 174. The minimum Gasteiger partial charge on any atom is -0.468 e. The third-order valence-electron chi connectivity index (χ3n) is 2.11. The van der Waals surface area contributed by atoms with Crippen molar-refractivity contribution in [3.8, 4) is 0 Å². The minimum absolute atomic E-state index is 0.165. The van der Waals surface area contributed by atoms with Crippen LogP contribution in [0.1, 0.15) is 27.7 Å². The molecular formula is C9H19NO3. The standard InChI is InChI=1S/C9H19NO3/c1-6(8(11)13-5)10-7(2)9(3,4)12/h6-7,10,12H,1-5H3. The van der Waals surface area contributed by atoms with Crippen LogP contribution in [0.15, 0.2) is 0 Å². The van der Waals surface area contributed by atoms with Crippen LogP contribution in [-0.2, 0) is 9.53 Å². The summed E-state index contributed by atoms with van der Waals surface area (Å²) in [5.74, 6) is -0.323. The van der Waals surface area contributed by atoms with Crippen molar-refractivity contribution < 1.29 is 14.6 Å². The average molecular weight is 189 g/mol. The molecule has 4 heteroatoms. The molecule has 0 spiro atoms. The predicted molar refractivity (Wildman–Crippen MR) is 50.4 cm³/mol. The molecule has 4 nitrogen and oxygen atoms in total. The van der Waals surface area contributed by atoms with E-state index in [1.54, 1.807) is 20.8 Å². The highest BCUT2D eigenvalue weighted by Gasteiger charge is 2.25. The van der Waals surface area contributed by atoms with Crippen LogP contribution in [0.2, 0.25) is 0 Å². The second-order valence-corrected chi connectivity index (χ2v) is 3.79. The summed E-state index contributed by atoms with van der Waals surface area (Å²) in [5, 5.41) is 12.5. The van der Waals surface area contributed by atoms with Crippen LogP contribution < -0.4 is 5.32 Å². The number of hydrogen-bond donors (Lipinski definition) is 2. The van der Waals surface area contributed by atoms with Crippen molar-refractivity contribution in [2.45, 2.75) is 45.4 Å². The lowest BCUT2D eigenvalue weighted by Gasteiger charge is -2.28. The zero-order valence-corrected chi connectivity index (χ0v) is 8.92. The smallest absolute Gasteiger partial charge is 0.322 e. The maximum absolute atomic E-state index is 11.0. The van der Waals surface area contributed by atoms with Gasteiger partial charge < -0.3 is 9.84 Å². The number of carbonyl (C=O) groups excluding carboxylic acids is 1. The van der Waals surface area contributed by atoms with Crippen molar-refractivity contribution in [2.75, 3.05) is 7.11 Å². The quantitative estimate of drug-likeness (QED) is 0.624. The summed E-state index contributed by atoms with van der Waals surface area (Å²) >= 11 is 0. The van der Waals surface area contributed by atoms with Gasteiger partial charge in [-0.2, -0.15) is 0 Å². The number of aliphatic hydroxyl groups is 1. The fraction of sp³-hybridized carbons (Fsp3) is 0.889. The first-order valence-electron chi connectivity index (χ1n) is 4.35. The number of nitrogens with one attached hydrogen (secondary N) is 1. The molecule has 0 radical (unpaired) electrons. The van der Waals surface area contributed by atoms with E-state index in [0.717, 1.165) is 0 Å². The van der Waals surface area contributed by atoms with Gasteiger partial charge in [-0.25, -0.2) is 0 Å². The second-order valence-electron chi connectivity index (χ2n) is 3.79. The molecule has 0 amide bonds. The first-order chi connectivity index (χ1) is 5.79. The third-order valence-corrected chi connectivity index (χ3v) is 2.11. The van der Waals surface area contributed by atoms with Crippen LogP contribution in [0.5, 0.6) is 0 Å². The molecule has 0 aliphatic heterocycles. The van der Waals surface area contributed by atoms with E-state index in [4.69, 9.17) is 0 Å². The Hall–Kier alpha value is -0.610. The minimum atomic E-state index is -0.845. The van der Waals surface area contributed by atoms with Crippen molar-refractivity contribution in [3.05, 3.63) is 0 Å². The van der Waals surface area contributed by atoms with E-state index in [2.05, 4.69) is 10.1 Å². The van der Waals surface area contributed by atoms with Gasteiger partial charge in [0.15, 0.2) is 0 Å². The molecule has 0 saturated heterocycles. The van der Waals surface area contributed by atoms with Crippen LogP contribution in [-0.4, -0.2) is 35.9 Å². The lowest BCUT2D eigenvalue weighted by Crippen LogP contribution is -2.50. The summed E-state index contributed by atoms with van der Waals surface area (Å²) in [6, 6.07) is -0.562. The molecule has 0 aliphatic carbocycles. The molecule has 2 atom stereocenters. The lowest BCUT2D eigenvalue weighted by molar-refractivity contribution is -0.143. The highest BCUT2D eigenvalue weighted by atomic mass is 16.5. The van der Waals surface area contributed by atoms with E-state index >= 15 is 0 Å². The number of rotatable bonds is 4.